The highest BCUT2D eigenvalue weighted by Gasteiger charge is 2.20. The Kier molecular flexibility index (Phi) is 5.45. The zero-order valence-electron chi connectivity index (χ0n) is 14.5. The highest BCUT2D eigenvalue weighted by Crippen LogP contribution is 2.20. The second kappa shape index (κ2) is 7.76. The lowest BCUT2D eigenvalue weighted by Crippen LogP contribution is -2.44. The molecule has 2 heterocycles. The van der Waals surface area contributed by atoms with Crippen molar-refractivity contribution in [3.8, 4) is 5.69 Å². The van der Waals surface area contributed by atoms with Crippen LogP contribution in [0.25, 0.3) is 5.69 Å². The Morgan fingerprint density at radius 1 is 1.48 bits per heavy atom. The minimum absolute atomic E-state index is 0.0237. The fourth-order valence-electron chi connectivity index (χ4n) is 3.04. The molecule has 25 heavy (non-hydrogen) atoms. The lowest BCUT2D eigenvalue weighted by molar-refractivity contribution is -0.122. The van der Waals surface area contributed by atoms with Crippen molar-refractivity contribution in [3.63, 3.8) is 0 Å². The number of ether oxygens (including phenoxy) is 1. The van der Waals surface area contributed by atoms with Crippen molar-refractivity contribution >= 4 is 5.91 Å². The van der Waals surface area contributed by atoms with E-state index in [2.05, 4.69) is 15.7 Å². The fraction of sp³-hybridized carbons (Fsp3) is 0.444. The monoisotopic (exact) mass is 346 g/mol. The van der Waals surface area contributed by atoms with Crippen molar-refractivity contribution in [2.75, 3.05) is 19.8 Å². The van der Waals surface area contributed by atoms with Crippen molar-refractivity contribution in [1.82, 2.24) is 20.4 Å². The number of nitrogens with one attached hydrogen (secondary N) is 2. The summed E-state index contributed by atoms with van der Waals surface area (Å²) < 4.78 is 20.2. The van der Waals surface area contributed by atoms with Gasteiger partial charge in [0.15, 0.2) is 0 Å². The molecule has 3 rings (SSSR count). The molecule has 2 aromatic rings. The molecule has 1 aromatic carbocycles. The summed E-state index contributed by atoms with van der Waals surface area (Å²) in [7, 11) is 0. The molecule has 134 valence electrons. The minimum atomic E-state index is -0.283. The van der Waals surface area contributed by atoms with Gasteiger partial charge >= 0.3 is 0 Å². The Hall–Kier alpha value is -2.25. The quantitative estimate of drug-likeness (QED) is 0.867. The number of carbonyl (C=O) groups is 1. The van der Waals surface area contributed by atoms with Gasteiger partial charge in [0.2, 0.25) is 5.91 Å². The average molecular weight is 346 g/mol. The van der Waals surface area contributed by atoms with Gasteiger partial charge in [0.05, 0.1) is 31.1 Å². The number of halogens is 1. The van der Waals surface area contributed by atoms with Gasteiger partial charge in [0.25, 0.3) is 0 Å². The summed E-state index contributed by atoms with van der Waals surface area (Å²) in [5, 5.41) is 10.7. The number of benzene rings is 1. The van der Waals surface area contributed by atoms with Gasteiger partial charge in [0.1, 0.15) is 5.82 Å². The van der Waals surface area contributed by atoms with E-state index in [0.717, 1.165) is 23.5 Å². The maximum absolute atomic E-state index is 13.1. The Balaban J connectivity index is 1.65. The molecule has 0 spiro atoms. The Labute approximate surface area is 146 Å². The van der Waals surface area contributed by atoms with E-state index in [4.69, 9.17) is 4.74 Å². The van der Waals surface area contributed by atoms with Crippen LogP contribution in [0.4, 0.5) is 4.39 Å². The molecule has 6 nitrogen and oxygen atoms in total. The van der Waals surface area contributed by atoms with Crippen LogP contribution in [-0.4, -0.2) is 41.5 Å². The van der Waals surface area contributed by atoms with Crippen LogP contribution in [0.2, 0.25) is 0 Å². The maximum atomic E-state index is 13.1. The van der Waals surface area contributed by atoms with Gasteiger partial charge in [0, 0.05) is 30.3 Å². The zero-order valence-corrected chi connectivity index (χ0v) is 14.5. The lowest BCUT2D eigenvalue weighted by atomic mass is 10.1. The molecule has 7 heteroatoms. The molecule has 2 unspecified atom stereocenters. The number of hydrogen-bond donors (Lipinski definition) is 2. The Morgan fingerprint density at radius 2 is 2.24 bits per heavy atom. The molecular formula is C18H23FN4O2. The zero-order chi connectivity index (χ0) is 17.8. The molecule has 2 N–H and O–H groups in total. The molecule has 1 fully saturated rings. The average Bonchev–Trinajstić information content (AvgIpc) is 2.98. The summed E-state index contributed by atoms with van der Waals surface area (Å²) in [5.41, 5.74) is 2.64. The standard InChI is InChI=1S/C18H23FN4O2/c1-12(22-18(24)9-15-11-25-8-7-20-15)17-10-21-23(13(17)2)16-5-3-14(19)4-6-16/h3-6,10,12,15,20H,7-9,11H2,1-2H3,(H,22,24). The van der Waals surface area contributed by atoms with Crippen molar-refractivity contribution in [2.24, 2.45) is 0 Å². The number of morpholine rings is 1. The van der Waals surface area contributed by atoms with Crippen LogP contribution in [-0.2, 0) is 9.53 Å². The summed E-state index contributed by atoms with van der Waals surface area (Å²) in [6.07, 6.45) is 2.13. The third-order valence-corrected chi connectivity index (χ3v) is 4.39. The molecule has 0 radical (unpaired) electrons. The summed E-state index contributed by atoms with van der Waals surface area (Å²) >= 11 is 0. The largest absolute Gasteiger partial charge is 0.378 e. The molecule has 0 aliphatic carbocycles. The van der Waals surface area contributed by atoms with Crippen LogP contribution in [0.3, 0.4) is 0 Å². The van der Waals surface area contributed by atoms with Crippen molar-refractivity contribution in [2.45, 2.75) is 32.4 Å². The third-order valence-electron chi connectivity index (χ3n) is 4.39. The number of rotatable bonds is 5. The highest BCUT2D eigenvalue weighted by atomic mass is 19.1. The smallest absolute Gasteiger partial charge is 0.222 e. The Bertz CT molecular complexity index is 723. The third kappa shape index (κ3) is 4.24. The highest BCUT2D eigenvalue weighted by molar-refractivity contribution is 5.77. The van der Waals surface area contributed by atoms with E-state index >= 15 is 0 Å². The summed E-state index contributed by atoms with van der Waals surface area (Å²) in [5.74, 6) is -0.306. The van der Waals surface area contributed by atoms with Crippen LogP contribution in [0.1, 0.15) is 30.6 Å². The topological polar surface area (TPSA) is 68.2 Å². The number of nitrogens with zero attached hydrogens (tertiary/aromatic N) is 2. The molecular weight excluding hydrogens is 323 g/mol. The number of amides is 1. The molecule has 1 aliphatic heterocycles. The minimum Gasteiger partial charge on any atom is -0.378 e. The molecule has 1 aliphatic rings. The summed E-state index contributed by atoms with van der Waals surface area (Å²) in [6, 6.07) is 6.06. The lowest BCUT2D eigenvalue weighted by Gasteiger charge is -2.24. The van der Waals surface area contributed by atoms with E-state index in [9.17, 15) is 9.18 Å². The van der Waals surface area contributed by atoms with E-state index in [1.54, 1.807) is 23.0 Å². The van der Waals surface area contributed by atoms with Crippen molar-refractivity contribution < 1.29 is 13.9 Å². The van der Waals surface area contributed by atoms with Gasteiger partial charge in [-0.25, -0.2) is 9.07 Å². The van der Waals surface area contributed by atoms with Gasteiger partial charge < -0.3 is 15.4 Å². The predicted octanol–water partition coefficient (Wildman–Crippen LogP) is 1.88. The van der Waals surface area contributed by atoms with E-state index in [0.29, 0.717) is 19.6 Å². The second-order valence-corrected chi connectivity index (χ2v) is 6.29. The van der Waals surface area contributed by atoms with E-state index in [-0.39, 0.29) is 23.8 Å². The number of aromatic nitrogens is 2. The maximum Gasteiger partial charge on any atom is 0.222 e. The van der Waals surface area contributed by atoms with E-state index in [1.165, 1.54) is 12.1 Å². The number of carbonyl (C=O) groups excluding carboxylic acids is 1. The predicted molar refractivity (Wildman–Crippen MR) is 92.0 cm³/mol. The first kappa shape index (κ1) is 17.6. The van der Waals surface area contributed by atoms with Gasteiger partial charge in [-0.15, -0.1) is 0 Å². The first-order valence-corrected chi connectivity index (χ1v) is 8.45. The number of hydrogen-bond acceptors (Lipinski definition) is 4. The summed E-state index contributed by atoms with van der Waals surface area (Å²) in [4.78, 5) is 12.2. The first-order chi connectivity index (χ1) is 12.0. The van der Waals surface area contributed by atoms with Crippen LogP contribution >= 0.6 is 0 Å². The van der Waals surface area contributed by atoms with Crippen LogP contribution in [0.5, 0.6) is 0 Å². The Morgan fingerprint density at radius 3 is 2.92 bits per heavy atom. The van der Waals surface area contributed by atoms with Gasteiger partial charge in [-0.05, 0) is 38.1 Å². The van der Waals surface area contributed by atoms with Gasteiger partial charge in [-0.1, -0.05) is 0 Å². The van der Waals surface area contributed by atoms with E-state index in [1.807, 2.05) is 13.8 Å². The molecule has 0 bridgehead atoms. The van der Waals surface area contributed by atoms with Crippen LogP contribution in [0.15, 0.2) is 30.5 Å². The SMILES string of the molecule is Cc1c(C(C)NC(=O)CC2COCCN2)cnn1-c1ccc(F)cc1. The van der Waals surface area contributed by atoms with Crippen molar-refractivity contribution in [1.29, 1.82) is 0 Å². The van der Waals surface area contributed by atoms with E-state index < -0.39 is 0 Å². The fourth-order valence-corrected chi connectivity index (χ4v) is 3.04. The first-order valence-electron chi connectivity index (χ1n) is 8.45. The molecule has 1 aromatic heterocycles. The molecule has 2 atom stereocenters. The second-order valence-electron chi connectivity index (χ2n) is 6.29. The van der Waals surface area contributed by atoms with Crippen molar-refractivity contribution in [3.05, 3.63) is 47.5 Å². The van der Waals surface area contributed by atoms with Gasteiger partial charge in [-0.2, -0.15) is 5.10 Å². The van der Waals surface area contributed by atoms with Crippen LogP contribution in [0, 0.1) is 12.7 Å². The normalized spacial score (nSPS) is 18.8. The molecule has 1 saturated heterocycles. The molecule has 1 amide bonds. The summed E-state index contributed by atoms with van der Waals surface area (Å²) in [6.45, 7) is 5.89. The van der Waals surface area contributed by atoms with Gasteiger partial charge in [-0.3, -0.25) is 4.79 Å². The van der Waals surface area contributed by atoms with Crippen LogP contribution < -0.4 is 10.6 Å². The molecule has 0 saturated carbocycles.